The van der Waals surface area contributed by atoms with Crippen LogP contribution in [0.3, 0.4) is 0 Å². The van der Waals surface area contributed by atoms with Gasteiger partial charge in [-0.05, 0) is 51.4 Å². The van der Waals surface area contributed by atoms with E-state index in [9.17, 15) is 0 Å². The van der Waals surface area contributed by atoms with Gasteiger partial charge in [-0.3, -0.25) is 5.41 Å². The van der Waals surface area contributed by atoms with Crippen LogP contribution in [-0.2, 0) is 4.74 Å². The molecule has 0 aromatic carbocycles. The van der Waals surface area contributed by atoms with Gasteiger partial charge in [-0.25, -0.2) is 0 Å². The third-order valence-electron chi connectivity index (χ3n) is 5.21. The van der Waals surface area contributed by atoms with Crippen LogP contribution in [0.4, 0.5) is 0 Å². The SMILES string of the molecule is C=C(CCCC)CCCCCCCCCC(=N)OC(CC)CCCCC. The third kappa shape index (κ3) is 16.7. The van der Waals surface area contributed by atoms with Crippen molar-refractivity contribution in [2.75, 3.05) is 0 Å². The summed E-state index contributed by atoms with van der Waals surface area (Å²) in [5, 5.41) is 8.03. The van der Waals surface area contributed by atoms with Crippen LogP contribution < -0.4 is 0 Å². The maximum Gasteiger partial charge on any atom is 0.180 e. The highest BCUT2D eigenvalue weighted by Gasteiger charge is 2.09. The molecule has 154 valence electrons. The summed E-state index contributed by atoms with van der Waals surface area (Å²) >= 11 is 0. The number of allylic oxidation sites excluding steroid dienone is 1. The molecule has 26 heavy (non-hydrogen) atoms. The Morgan fingerprint density at radius 2 is 1.27 bits per heavy atom. The first-order valence-corrected chi connectivity index (χ1v) is 11.5. The van der Waals surface area contributed by atoms with Crippen LogP contribution in [0.1, 0.15) is 130 Å². The molecule has 0 aliphatic rings. The Kier molecular flexibility index (Phi) is 18.4. The Morgan fingerprint density at radius 1 is 0.731 bits per heavy atom. The highest BCUT2D eigenvalue weighted by molar-refractivity contribution is 5.72. The van der Waals surface area contributed by atoms with Crippen molar-refractivity contribution in [2.24, 2.45) is 0 Å². The van der Waals surface area contributed by atoms with Crippen molar-refractivity contribution in [1.82, 2.24) is 0 Å². The molecule has 0 aliphatic carbocycles. The first kappa shape index (κ1) is 25.2. The molecule has 1 atom stereocenters. The van der Waals surface area contributed by atoms with Gasteiger partial charge in [0.15, 0.2) is 5.90 Å². The quantitative estimate of drug-likeness (QED) is 0.106. The number of ether oxygens (including phenoxy) is 1. The molecule has 0 radical (unpaired) electrons. The largest absolute Gasteiger partial charge is 0.478 e. The van der Waals surface area contributed by atoms with E-state index in [1.165, 1.54) is 89.0 Å². The molecule has 0 rings (SSSR count). The molecule has 0 amide bonds. The number of hydrogen-bond donors (Lipinski definition) is 1. The van der Waals surface area contributed by atoms with Gasteiger partial charge in [0.05, 0.1) is 6.10 Å². The van der Waals surface area contributed by atoms with Crippen LogP contribution in [0.15, 0.2) is 12.2 Å². The Labute approximate surface area is 164 Å². The molecular formula is C24H47NO. The van der Waals surface area contributed by atoms with Gasteiger partial charge >= 0.3 is 0 Å². The summed E-state index contributed by atoms with van der Waals surface area (Å²) in [6, 6.07) is 0. The molecular weight excluding hydrogens is 318 g/mol. The molecule has 0 aliphatic heterocycles. The summed E-state index contributed by atoms with van der Waals surface area (Å²) in [5.74, 6) is 0.513. The van der Waals surface area contributed by atoms with E-state index in [1.54, 1.807) is 0 Å². The van der Waals surface area contributed by atoms with E-state index in [0.717, 1.165) is 25.7 Å². The van der Waals surface area contributed by atoms with E-state index < -0.39 is 0 Å². The Hall–Kier alpha value is -0.790. The van der Waals surface area contributed by atoms with Crippen molar-refractivity contribution in [3.8, 4) is 0 Å². The zero-order valence-corrected chi connectivity index (χ0v) is 18.2. The van der Waals surface area contributed by atoms with E-state index in [-0.39, 0.29) is 6.10 Å². The highest BCUT2D eigenvalue weighted by Crippen LogP contribution is 2.16. The summed E-state index contributed by atoms with van der Waals surface area (Å²) < 4.78 is 5.83. The van der Waals surface area contributed by atoms with Crippen molar-refractivity contribution in [3.63, 3.8) is 0 Å². The lowest BCUT2D eigenvalue weighted by Crippen LogP contribution is -2.16. The fourth-order valence-corrected chi connectivity index (χ4v) is 3.32. The van der Waals surface area contributed by atoms with Crippen LogP contribution in [0.25, 0.3) is 0 Å². The van der Waals surface area contributed by atoms with E-state index in [0.29, 0.717) is 5.90 Å². The van der Waals surface area contributed by atoms with E-state index in [2.05, 4.69) is 27.4 Å². The van der Waals surface area contributed by atoms with Gasteiger partial charge in [0.2, 0.25) is 0 Å². The predicted molar refractivity (Wildman–Crippen MR) is 117 cm³/mol. The van der Waals surface area contributed by atoms with Gasteiger partial charge in [0.25, 0.3) is 0 Å². The van der Waals surface area contributed by atoms with Crippen LogP contribution in [0.2, 0.25) is 0 Å². The minimum atomic E-state index is 0.265. The zero-order chi connectivity index (χ0) is 19.5. The first-order valence-electron chi connectivity index (χ1n) is 11.5. The summed E-state index contributed by atoms with van der Waals surface area (Å²) in [6.45, 7) is 10.8. The molecule has 0 aromatic heterocycles. The first-order chi connectivity index (χ1) is 12.6. The summed E-state index contributed by atoms with van der Waals surface area (Å²) in [4.78, 5) is 0. The van der Waals surface area contributed by atoms with E-state index in [1.807, 2.05) is 0 Å². The van der Waals surface area contributed by atoms with Crippen LogP contribution >= 0.6 is 0 Å². The lowest BCUT2D eigenvalue weighted by molar-refractivity contribution is 0.162. The third-order valence-corrected chi connectivity index (χ3v) is 5.21. The van der Waals surface area contributed by atoms with E-state index in [4.69, 9.17) is 10.1 Å². The van der Waals surface area contributed by atoms with Crippen molar-refractivity contribution in [3.05, 3.63) is 12.2 Å². The Bertz CT molecular complexity index is 337. The second-order valence-corrected chi connectivity index (χ2v) is 7.90. The molecule has 0 aromatic rings. The number of unbranched alkanes of at least 4 members (excludes halogenated alkanes) is 9. The van der Waals surface area contributed by atoms with Gasteiger partial charge < -0.3 is 4.74 Å². The normalized spacial score (nSPS) is 12.1. The molecule has 1 unspecified atom stereocenters. The van der Waals surface area contributed by atoms with E-state index >= 15 is 0 Å². The topological polar surface area (TPSA) is 33.1 Å². The lowest BCUT2D eigenvalue weighted by Gasteiger charge is -2.17. The van der Waals surface area contributed by atoms with Crippen molar-refractivity contribution < 1.29 is 4.74 Å². The van der Waals surface area contributed by atoms with Gasteiger partial charge in [-0.15, -0.1) is 0 Å². The van der Waals surface area contributed by atoms with Gasteiger partial charge in [0, 0.05) is 6.42 Å². The van der Waals surface area contributed by atoms with Crippen molar-refractivity contribution in [2.45, 2.75) is 136 Å². The minimum absolute atomic E-state index is 0.265. The second-order valence-electron chi connectivity index (χ2n) is 7.90. The smallest absolute Gasteiger partial charge is 0.180 e. The van der Waals surface area contributed by atoms with Crippen molar-refractivity contribution >= 4 is 5.90 Å². The maximum atomic E-state index is 8.03. The summed E-state index contributed by atoms with van der Waals surface area (Å²) in [7, 11) is 0. The van der Waals surface area contributed by atoms with Crippen molar-refractivity contribution in [1.29, 1.82) is 5.41 Å². The number of rotatable bonds is 19. The Balaban J connectivity index is 3.45. The van der Waals surface area contributed by atoms with Crippen LogP contribution in [0.5, 0.6) is 0 Å². The average Bonchev–Trinajstić information content (AvgIpc) is 2.64. The molecule has 2 nitrogen and oxygen atoms in total. The molecule has 0 bridgehead atoms. The lowest BCUT2D eigenvalue weighted by atomic mass is 10.0. The standard InChI is InChI=1S/C24H47NO/c1-5-8-15-20-23(7-3)26-24(25)21-17-14-12-10-11-13-16-19-22(4)18-9-6-2/h23,25H,4-21H2,1-3H3. The molecule has 0 saturated carbocycles. The fourth-order valence-electron chi connectivity index (χ4n) is 3.32. The number of nitrogens with one attached hydrogen (secondary N) is 1. The highest BCUT2D eigenvalue weighted by atomic mass is 16.5. The molecule has 1 N–H and O–H groups in total. The number of hydrogen-bond acceptors (Lipinski definition) is 2. The second kappa shape index (κ2) is 19.0. The average molecular weight is 366 g/mol. The molecule has 0 spiro atoms. The van der Waals surface area contributed by atoms with Crippen LogP contribution in [-0.4, -0.2) is 12.0 Å². The fraction of sp³-hybridized carbons (Fsp3) is 0.875. The van der Waals surface area contributed by atoms with Gasteiger partial charge in [-0.2, -0.15) is 0 Å². The Morgan fingerprint density at radius 3 is 1.85 bits per heavy atom. The summed E-state index contributed by atoms with van der Waals surface area (Å²) in [5.41, 5.74) is 1.45. The zero-order valence-electron chi connectivity index (χ0n) is 18.2. The maximum absolute atomic E-state index is 8.03. The monoisotopic (exact) mass is 365 g/mol. The minimum Gasteiger partial charge on any atom is -0.478 e. The molecule has 0 fully saturated rings. The van der Waals surface area contributed by atoms with Gasteiger partial charge in [0.1, 0.15) is 0 Å². The molecule has 0 saturated heterocycles. The molecule has 0 heterocycles. The molecule has 2 heteroatoms. The predicted octanol–water partition coefficient (Wildman–Crippen LogP) is 8.60. The summed E-state index contributed by atoms with van der Waals surface area (Å²) in [6.07, 6.45) is 21.0. The van der Waals surface area contributed by atoms with Gasteiger partial charge in [-0.1, -0.05) is 84.3 Å². The van der Waals surface area contributed by atoms with Crippen LogP contribution in [0, 0.1) is 5.41 Å².